The van der Waals surface area contributed by atoms with Crippen LogP contribution < -0.4 is 10.2 Å². The van der Waals surface area contributed by atoms with Crippen LogP contribution in [-0.2, 0) is 0 Å². The van der Waals surface area contributed by atoms with Gasteiger partial charge in [-0.2, -0.15) is 0 Å². The minimum Gasteiger partial charge on any atom is -0.363 e. The third-order valence-corrected chi connectivity index (χ3v) is 3.29. The molecule has 0 unspecified atom stereocenters. The molecule has 0 heterocycles. The summed E-state index contributed by atoms with van der Waals surface area (Å²) >= 11 is 0. The van der Waals surface area contributed by atoms with Gasteiger partial charge in [0.2, 0.25) is 0 Å². The molecule has 2 nitrogen and oxygen atoms in total. The number of rotatable bonds is 6. The molecule has 2 aromatic rings. The van der Waals surface area contributed by atoms with Crippen LogP contribution in [0.2, 0.25) is 0 Å². The topological polar surface area (TPSA) is 15.3 Å². The van der Waals surface area contributed by atoms with Crippen LogP contribution >= 0.6 is 0 Å². The summed E-state index contributed by atoms with van der Waals surface area (Å²) in [5, 5.41) is 2.89. The van der Waals surface area contributed by atoms with Gasteiger partial charge in [0, 0.05) is 24.0 Å². The molecule has 0 bridgehead atoms. The zero-order chi connectivity index (χ0) is 16.8. The third kappa shape index (κ3) is 4.30. The van der Waals surface area contributed by atoms with Gasteiger partial charge in [-0.3, -0.25) is 0 Å². The average molecular weight is 312 g/mol. The lowest BCUT2D eigenvalue weighted by atomic mass is 10.1. The standard InChI is InChI=1S/C19H18F2N2/c1-4-22-14(2)12-19(15-6-5-7-17(21)13-15)23(3)18-10-8-16(20)9-11-18/h4-13,22H,1-2H2,3H3/b19-12-. The van der Waals surface area contributed by atoms with Crippen LogP contribution in [0.15, 0.2) is 79.7 Å². The molecule has 0 aliphatic heterocycles. The molecule has 0 fully saturated rings. The number of anilines is 1. The van der Waals surface area contributed by atoms with Crippen molar-refractivity contribution in [2.45, 2.75) is 0 Å². The van der Waals surface area contributed by atoms with Crippen LogP contribution in [0, 0.1) is 11.6 Å². The molecule has 2 rings (SSSR count). The van der Waals surface area contributed by atoms with Gasteiger partial charge < -0.3 is 10.2 Å². The maximum absolute atomic E-state index is 13.6. The van der Waals surface area contributed by atoms with Gasteiger partial charge in [-0.05, 0) is 48.7 Å². The summed E-state index contributed by atoms with van der Waals surface area (Å²) in [5.41, 5.74) is 2.78. The molecular formula is C19H18F2N2. The van der Waals surface area contributed by atoms with E-state index in [1.165, 1.54) is 30.5 Å². The Kier molecular flexibility index (Phi) is 5.31. The highest BCUT2D eigenvalue weighted by Gasteiger charge is 2.11. The molecule has 0 spiro atoms. The molecule has 0 atom stereocenters. The fourth-order valence-electron chi connectivity index (χ4n) is 2.16. The average Bonchev–Trinajstić information content (AvgIpc) is 2.53. The fraction of sp³-hybridized carbons (Fsp3) is 0.0526. The molecule has 0 aliphatic carbocycles. The molecule has 0 radical (unpaired) electrons. The molecule has 23 heavy (non-hydrogen) atoms. The molecule has 118 valence electrons. The van der Waals surface area contributed by atoms with Crippen molar-refractivity contribution in [2.24, 2.45) is 0 Å². The zero-order valence-electron chi connectivity index (χ0n) is 12.9. The first kappa shape index (κ1) is 16.5. The van der Waals surface area contributed by atoms with E-state index in [0.29, 0.717) is 11.3 Å². The maximum Gasteiger partial charge on any atom is 0.123 e. The first-order valence-electron chi connectivity index (χ1n) is 7.04. The predicted octanol–water partition coefficient (Wildman–Crippen LogP) is 4.69. The molecule has 1 N–H and O–H groups in total. The Labute approximate surface area is 135 Å². The number of halogens is 2. The zero-order valence-corrected chi connectivity index (χ0v) is 12.9. The summed E-state index contributed by atoms with van der Waals surface area (Å²) in [4.78, 5) is 1.84. The van der Waals surface area contributed by atoms with E-state index in [1.54, 1.807) is 30.3 Å². The molecule has 0 aliphatic rings. The van der Waals surface area contributed by atoms with Gasteiger partial charge >= 0.3 is 0 Å². The van der Waals surface area contributed by atoms with Crippen LogP contribution in [0.1, 0.15) is 5.56 Å². The second-order valence-corrected chi connectivity index (χ2v) is 4.95. The Morgan fingerprint density at radius 2 is 1.78 bits per heavy atom. The SMILES string of the molecule is C=CNC(=C)/C=C(/c1cccc(F)c1)N(C)c1ccc(F)cc1. The largest absolute Gasteiger partial charge is 0.363 e. The Morgan fingerprint density at radius 1 is 1.09 bits per heavy atom. The number of allylic oxidation sites excluding steroid dienone is 1. The first-order chi connectivity index (χ1) is 11.0. The number of nitrogens with one attached hydrogen (secondary N) is 1. The van der Waals surface area contributed by atoms with Gasteiger partial charge in [0.05, 0.1) is 5.70 Å². The van der Waals surface area contributed by atoms with E-state index < -0.39 is 0 Å². The molecule has 0 aromatic heterocycles. The number of hydrogen-bond acceptors (Lipinski definition) is 2. The fourth-order valence-corrected chi connectivity index (χ4v) is 2.16. The molecule has 0 saturated heterocycles. The second-order valence-electron chi connectivity index (χ2n) is 4.95. The van der Waals surface area contributed by atoms with Crippen molar-refractivity contribution < 1.29 is 8.78 Å². The number of benzene rings is 2. The van der Waals surface area contributed by atoms with E-state index in [9.17, 15) is 8.78 Å². The molecule has 0 amide bonds. The Morgan fingerprint density at radius 3 is 2.39 bits per heavy atom. The van der Waals surface area contributed by atoms with Crippen molar-refractivity contribution in [2.75, 3.05) is 11.9 Å². The Bertz CT molecular complexity index is 733. The molecule has 0 saturated carbocycles. The number of nitrogens with zero attached hydrogens (tertiary/aromatic N) is 1. The minimum atomic E-state index is -0.330. The summed E-state index contributed by atoms with van der Waals surface area (Å²) < 4.78 is 26.7. The normalized spacial score (nSPS) is 11.0. The lowest BCUT2D eigenvalue weighted by Crippen LogP contribution is -2.17. The molecule has 4 heteroatoms. The van der Waals surface area contributed by atoms with E-state index >= 15 is 0 Å². The monoisotopic (exact) mass is 312 g/mol. The summed E-state index contributed by atoms with van der Waals surface area (Å²) in [7, 11) is 1.82. The van der Waals surface area contributed by atoms with Crippen molar-refractivity contribution in [3.05, 3.63) is 96.9 Å². The first-order valence-corrected chi connectivity index (χ1v) is 7.04. The highest BCUT2D eigenvalue weighted by Crippen LogP contribution is 2.26. The van der Waals surface area contributed by atoms with Crippen LogP contribution in [0.3, 0.4) is 0 Å². The van der Waals surface area contributed by atoms with Gasteiger partial charge in [-0.15, -0.1) is 0 Å². The van der Waals surface area contributed by atoms with Crippen molar-refractivity contribution >= 4 is 11.4 Å². The summed E-state index contributed by atoms with van der Waals surface area (Å²) in [6.45, 7) is 7.47. The van der Waals surface area contributed by atoms with Gasteiger partial charge in [0.1, 0.15) is 11.6 Å². The second kappa shape index (κ2) is 7.40. The van der Waals surface area contributed by atoms with Gasteiger partial charge in [0.25, 0.3) is 0 Å². The van der Waals surface area contributed by atoms with Gasteiger partial charge in [-0.1, -0.05) is 25.3 Å². The lowest BCUT2D eigenvalue weighted by Gasteiger charge is -2.24. The highest BCUT2D eigenvalue weighted by atomic mass is 19.1. The lowest BCUT2D eigenvalue weighted by molar-refractivity contribution is 0.627. The number of hydrogen-bond donors (Lipinski definition) is 1. The predicted molar refractivity (Wildman–Crippen MR) is 91.7 cm³/mol. The Hall–Kier alpha value is -2.88. The molecule has 2 aromatic carbocycles. The maximum atomic E-state index is 13.6. The quantitative estimate of drug-likeness (QED) is 0.779. The van der Waals surface area contributed by atoms with E-state index in [1.807, 2.05) is 11.9 Å². The van der Waals surface area contributed by atoms with Crippen molar-refractivity contribution in [3.63, 3.8) is 0 Å². The highest BCUT2D eigenvalue weighted by molar-refractivity contribution is 5.80. The summed E-state index contributed by atoms with van der Waals surface area (Å²) in [6, 6.07) is 12.3. The van der Waals surface area contributed by atoms with Crippen LogP contribution in [0.5, 0.6) is 0 Å². The van der Waals surface area contributed by atoms with E-state index in [4.69, 9.17) is 0 Å². The van der Waals surface area contributed by atoms with E-state index in [2.05, 4.69) is 18.5 Å². The smallest absolute Gasteiger partial charge is 0.123 e. The van der Waals surface area contributed by atoms with Gasteiger partial charge in [0.15, 0.2) is 0 Å². The Balaban J connectivity index is 2.46. The van der Waals surface area contributed by atoms with Crippen LogP contribution in [0.25, 0.3) is 5.70 Å². The summed E-state index contributed by atoms with van der Waals surface area (Å²) in [6.07, 6.45) is 3.29. The van der Waals surface area contributed by atoms with Crippen LogP contribution in [0.4, 0.5) is 14.5 Å². The third-order valence-electron chi connectivity index (χ3n) is 3.29. The van der Waals surface area contributed by atoms with Gasteiger partial charge in [-0.25, -0.2) is 8.78 Å². The van der Waals surface area contributed by atoms with Crippen molar-refractivity contribution in [1.29, 1.82) is 0 Å². The van der Waals surface area contributed by atoms with Crippen LogP contribution in [-0.4, -0.2) is 7.05 Å². The van der Waals surface area contributed by atoms with E-state index in [-0.39, 0.29) is 11.6 Å². The van der Waals surface area contributed by atoms with Crippen molar-refractivity contribution in [3.8, 4) is 0 Å². The summed E-state index contributed by atoms with van der Waals surface area (Å²) in [5.74, 6) is -0.639. The van der Waals surface area contributed by atoms with Crippen molar-refractivity contribution in [1.82, 2.24) is 5.32 Å². The van der Waals surface area contributed by atoms with E-state index in [0.717, 1.165) is 11.4 Å². The molecular weight excluding hydrogens is 294 g/mol. The minimum absolute atomic E-state index is 0.309.